The minimum atomic E-state index is 0.647. The highest BCUT2D eigenvalue weighted by molar-refractivity contribution is 8.00. The van der Waals surface area contributed by atoms with Crippen molar-refractivity contribution in [1.29, 1.82) is 0 Å². The van der Waals surface area contributed by atoms with E-state index in [-0.39, 0.29) is 0 Å². The average Bonchev–Trinajstić information content (AvgIpc) is 2.87. The van der Waals surface area contributed by atoms with Crippen molar-refractivity contribution in [2.24, 2.45) is 11.8 Å². The van der Waals surface area contributed by atoms with E-state index < -0.39 is 0 Å². The van der Waals surface area contributed by atoms with Gasteiger partial charge in [0.2, 0.25) is 0 Å². The molecule has 0 spiro atoms. The highest BCUT2D eigenvalue weighted by Crippen LogP contribution is 2.39. The molecule has 2 aliphatic heterocycles. The summed E-state index contributed by atoms with van der Waals surface area (Å²) in [6, 6.07) is 18.0. The van der Waals surface area contributed by atoms with Gasteiger partial charge in [-0.15, -0.1) is 11.8 Å². The van der Waals surface area contributed by atoms with Gasteiger partial charge in [0, 0.05) is 16.7 Å². The Kier molecular flexibility index (Phi) is 7.38. The molecule has 0 aliphatic carbocycles. The van der Waals surface area contributed by atoms with Crippen molar-refractivity contribution >= 4 is 11.8 Å². The van der Waals surface area contributed by atoms with E-state index in [9.17, 15) is 0 Å². The third-order valence-corrected chi connectivity index (χ3v) is 8.57. The molecule has 0 unspecified atom stereocenters. The van der Waals surface area contributed by atoms with E-state index in [0.717, 1.165) is 12.3 Å². The van der Waals surface area contributed by atoms with Crippen LogP contribution in [0.5, 0.6) is 0 Å². The van der Waals surface area contributed by atoms with Gasteiger partial charge in [0.25, 0.3) is 0 Å². The second kappa shape index (κ2) is 10.2. The Bertz CT molecular complexity index is 848. The average molecular weight is 420 g/mol. The number of hydrogen-bond acceptors (Lipinski definition) is 2. The number of fused-ring (bicyclic) bond motifs is 1. The maximum Gasteiger partial charge on any atom is 0.0129 e. The van der Waals surface area contributed by atoms with Gasteiger partial charge in [0.05, 0.1) is 0 Å². The quantitative estimate of drug-likeness (QED) is 0.483. The molecule has 0 bridgehead atoms. The van der Waals surface area contributed by atoms with Crippen LogP contribution in [0.1, 0.15) is 49.8 Å². The van der Waals surface area contributed by atoms with E-state index in [4.69, 9.17) is 0 Å². The monoisotopic (exact) mass is 419 g/mol. The van der Waals surface area contributed by atoms with Crippen molar-refractivity contribution in [3.05, 3.63) is 76.9 Å². The van der Waals surface area contributed by atoms with E-state index >= 15 is 0 Å². The van der Waals surface area contributed by atoms with E-state index in [1.165, 1.54) is 66.9 Å². The Hall–Kier alpha value is -1.51. The smallest absolute Gasteiger partial charge is 0.0129 e. The largest absolute Gasteiger partial charge is 0.303 e. The number of nitrogens with zero attached hydrogens (tertiary/aromatic N) is 1. The Labute approximate surface area is 188 Å². The zero-order valence-corrected chi connectivity index (χ0v) is 19.8. The zero-order valence-electron chi connectivity index (χ0n) is 18.9. The lowest BCUT2D eigenvalue weighted by Crippen LogP contribution is -2.34. The number of thioether (sulfide) groups is 1. The minimum absolute atomic E-state index is 0.647. The second-order valence-corrected chi connectivity index (χ2v) is 10.9. The maximum absolute atomic E-state index is 2.69. The molecule has 4 rings (SSSR count). The van der Waals surface area contributed by atoms with Gasteiger partial charge in [-0.2, -0.15) is 0 Å². The number of rotatable bonds is 5. The topological polar surface area (TPSA) is 3.24 Å². The van der Waals surface area contributed by atoms with Gasteiger partial charge in [-0.25, -0.2) is 0 Å². The predicted octanol–water partition coefficient (Wildman–Crippen LogP) is 6.94. The molecule has 1 nitrogen and oxygen atoms in total. The fourth-order valence-corrected chi connectivity index (χ4v) is 6.21. The van der Waals surface area contributed by atoms with Crippen LogP contribution in [0.4, 0.5) is 0 Å². The van der Waals surface area contributed by atoms with Crippen molar-refractivity contribution in [2.45, 2.75) is 63.0 Å². The molecule has 2 aromatic rings. The molecule has 0 saturated carbocycles. The first-order valence-electron chi connectivity index (χ1n) is 11.8. The van der Waals surface area contributed by atoms with Crippen LogP contribution in [0, 0.1) is 18.8 Å². The molecule has 2 atom stereocenters. The summed E-state index contributed by atoms with van der Waals surface area (Å²) < 4.78 is 0. The van der Waals surface area contributed by atoms with Crippen molar-refractivity contribution in [3.8, 4) is 0 Å². The van der Waals surface area contributed by atoms with Gasteiger partial charge in [-0.3, -0.25) is 0 Å². The first kappa shape index (κ1) is 21.7. The summed E-state index contributed by atoms with van der Waals surface area (Å²) in [5.74, 6) is 1.51. The predicted molar refractivity (Wildman–Crippen MR) is 131 cm³/mol. The molecule has 2 aliphatic rings. The normalized spacial score (nSPS) is 24.6. The molecule has 2 heterocycles. The van der Waals surface area contributed by atoms with Crippen molar-refractivity contribution < 1.29 is 0 Å². The summed E-state index contributed by atoms with van der Waals surface area (Å²) in [5.41, 5.74) is 6.07. The highest BCUT2D eigenvalue weighted by Gasteiger charge is 2.24. The molecule has 1 saturated heterocycles. The third kappa shape index (κ3) is 5.59. The van der Waals surface area contributed by atoms with Crippen molar-refractivity contribution in [2.75, 3.05) is 19.6 Å². The third-order valence-electron chi connectivity index (χ3n) is 7.14. The molecule has 2 aromatic carbocycles. The van der Waals surface area contributed by atoms with E-state index in [1.807, 2.05) is 0 Å². The zero-order chi connectivity index (χ0) is 20.9. The molecule has 0 radical (unpaired) electrons. The lowest BCUT2D eigenvalue weighted by Gasteiger charge is -2.32. The van der Waals surface area contributed by atoms with Gasteiger partial charge in [-0.05, 0) is 81.1 Å². The Morgan fingerprint density at radius 1 is 1.03 bits per heavy atom. The van der Waals surface area contributed by atoms with E-state index in [2.05, 4.69) is 92.0 Å². The Morgan fingerprint density at radius 3 is 2.57 bits per heavy atom. The molecule has 0 amide bonds. The van der Waals surface area contributed by atoms with Crippen LogP contribution < -0.4 is 0 Å². The number of benzene rings is 2. The molecular weight excluding hydrogens is 382 g/mol. The summed E-state index contributed by atoms with van der Waals surface area (Å²) in [4.78, 5) is 4.18. The molecule has 0 aromatic heterocycles. The van der Waals surface area contributed by atoms with Gasteiger partial charge in [0.15, 0.2) is 0 Å². The van der Waals surface area contributed by atoms with E-state index in [1.54, 1.807) is 5.57 Å². The fourth-order valence-electron chi connectivity index (χ4n) is 5.00. The lowest BCUT2D eigenvalue weighted by atomic mass is 9.89. The maximum atomic E-state index is 2.69. The van der Waals surface area contributed by atoms with Crippen molar-refractivity contribution in [3.63, 3.8) is 0 Å². The summed E-state index contributed by atoms with van der Waals surface area (Å²) >= 11 is 2.06. The molecule has 160 valence electrons. The fraction of sp³-hybridized carbons (Fsp3) is 0.500. The van der Waals surface area contributed by atoms with Crippen LogP contribution >= 0.6 is 11.8 Å². The molecule has 30 heavy (non-hydrogen) atoms. The molecule has 1 fully saturated rings. The van der Waals surface area contributed by atoms with Crippen LogP contribution in [-0.2, 0) is 12.8 Å². The summed E-state index contributed by atoms with van der Waals surface area (Å²) in [5, 5.41) is 0.647. The van der Waals surface area contributed by atoms with Crippen LogP contribution in [-0.4, -0.2) is 29.8 Å². The SMILES string of the molecule is Cc1ccc2c(c1)C/C(=C\CCN1CCC(Cc3ccccc3)CC1)[C@H](C)[C@H](C)S2. The summed E-state index contributed by atoms with van der Waals surface area (Å²) in [6.07, 6.45) is 8.86. The van der Waals surface area contributed by atoms with Gasteiger partial charge >= 0.3 is 0 Å². The first-order valence-corrected chi connectivity index (χ1v) is 12.7. The van der Waals surface area contributed by atoms with Crippen molar-refractivity contribution in [1.82, 2.24) is 4.90 Å². The highest BCUT2D eigenvalue weighted by atomic mass is 32.2. The Morgan fingerprint density at radius 2 is 1.80 bits per heavy atom. The number of aryl methyl sites for hydroxylation is 1. The van der Waals surface area contributed by atoms with Crippen LogP contribution in [0.2, 0.25) is 0 Å². The number of hydrogen-bond donors (Lipinski definition) is 0. The standard InChI is InChI=1S/C28H37NS/c1-21-11-12-28-27(18-21)20-26(22(2)23(3)30-28)10-7-15-29-16-13-25(14-17-29)19-24-8-5-4-6-9-24/h4-6,8-12,18,22-23,25H,7,13-17,19-20H2,1-3H3/b26-10+/t22-,23+/m1/s1. The minimum Gasteiger partial charge on any atom is -0.303 e. The van der Waals surface area contributed by atoms with Crippen LogP contribution in [0.3, 0.4) is 0 Å². The molecular formula is C28H37NS. The van der Waals surface area contributed by atoms with Gasteiger partial charge in [-0.1, -0.05) is 73.5 Å². The van der Waals surface area contributed by atoms with Crippen LogP contribution in [0.25, 0.3) is 0 Å². The summed E-state index contributed by atoms with van der Waals surface area (Å²) in [7, 11) is 0. The van der Waals surface area contributed by atoms with Gasteiger partial charge < -0.3 is 4.90 Å². The first-order chi connectivity index (χ1) is 14.6. The number of piperidine rings is 1. The van der Waals surface area contributed by atoms with Crippen LogP contribution in [0.15, 0.2) is 65.1 Å². The lowest BCUT2D eigenvalue weighted by molar-refractivity contribution is 0.186. The number of likely N-dealkylation sites (tertiary alicyclic amines) is 1. The second-order valence-electron chi connectivity index (χ2n) is 9.44. The van der Waals surface area contributed by atoms with E-state index in [0.29, 0.717) is 11.2 Å². The molecule has 0 N–H and O–H groups in total. The number of allylic oxidation sites excluding steroid dienone is 1. The van der Waals surface area contributed by atoms with Gasteiger partial charge in [0.1, 0.15) is 0 Å². The molecule has 2 heteroatoms. The Balaban J connectivity index is 1.29. The summed E-state index contributed by atoms with van der Waals surface area (Å²) in [6.45, 7) is 10.8.